The van der Waals surface area contributed by atoms with Gasteiger partial charge in [0.1, 0.15) is 17.5 Å². The molecule has 168 valence electrons. The van der Waals surface area contributed by atoms with Crippen LogP contribution in [0.25, 0.3) is 0 Å². The smallest absolute Gasteiger partial charge is 0.255 e. The summed E-state index contributed by atoms with van der Waals surface area (Å²) in [6.45, 7) is 1.05. The van der Waals surface area contributed by atoms with Crippen LogP contribution in [0.4, 0.5) is 18.9 Å². The first-order valence-electron chi connectivity index (χ1n) is 10.0. The molecule has 10 heteroatoms. The second-order valence-corrected chi connectivity index (χ2v) is 8.15. The van der Waals surface area contributed by atoms with Crippen LogP contribution in [0.15, 0.2) is 36.4 Å². The van der Waals surface area contributed by atoms with Gasteiger partial charge in [-0.1, -0.05) is 11.6 Å². The maximum absolute atomic E-state index is 14.1. The van der Waals surface area contributed by atoms with Crippen molar-refractivity contribution in [2.75, 3.05) is 37.6 Å². The molecule has 0 bridgehead atoms. The fourth-order valence-corrected chi connectivity index (χ4v) is 4.28. The Bertz CT molecular complexity index is 1090. The predicted molar refractivity (Wildman–Crippen MR) is 111 cm³/mol. The molecule has 4 rings (SSSR count). The van der Waals surface area contributed by atoms with Crippen molar-refractivity contribution < 1.29 is 27.6 Å². The van der Waals surface area contributed by atoms with Crippen LogP contribution in [0.2, 0.25) is 5.02 Å². The fourth-order valence-electron chi connectivity index (χ4n) is 4.03. The van der Waals surface area contributed by atoms with Crippen LogP contribution < -0.4 is 4.90 Å². The molecule has 2 aromatic carbocycles. The van der Waals surface area contributed by atoms with E-state index in [-0.39, 0.29) is 67.2 Å². The largest absolute Gasteiger partial charge is 0.339 e. The van der Waals surface area contributed by atoms with Gasteiger partial charge < -0.3 is 14.7 Å². The lowest BCUT2D eigenvalue weighted by atomic mass is 10.1. The lowest BCUT2D eigenvalue weighted by Gasteiger charge is -2.36. The highest BCUT2D eigenvalue weighted by atomic mass is 35.5. The Hall–Kier alpha value is -3.07. The van der Waals surface area contributed by atoms with Crippen molar-refractivity contribution in [3.05, 3.63) is 64.4 Å². The zero-order valence-electron chi connectivity index (χ0n) is 16.9. The summed E-state index contributed by atoms with van der Waals surface area (Å²) in [5, 5.41) is 0.0195. The van der Waals surface area contributed by atoms with Crippen LogP contribution in [0, 0.1) is 23.4 Å². The normalized spacial score (nSPS) is 18.9. The number of anilines is 1. The Morgan fingerprint density at radius 3 is 2.19 bits per heavy atom. The van der Waals surface area contributed by atoms with Crippen LogP contribution in [0.5, 0.6) is 0 Å². The summed E-state index contributed by atoms with van der Waals surface area (Å²) in [4.78, 5) is 42.2. The fraction of sp³-hybridized carbons (Fsp3) is 0.318. The first kappa shape index (κ1) is 22.1. The first-order valence-corrected chi connectivity index (χ1v) is 10.4. The third kappa shape index (κ3) is 4.29. The predicted octanol–water partition coefficient (Wildman–Crippen LogP) is 3.09. The summed E-state index contributed by atoms with van der Waals surface area (Å²) < 4.78 is 40.5. The van der Waals surface area contributed by atoms with Gasteiger partial charge >= 0.3 is 0 Å². The van der Waals surface area contributed by atoms with Crippen molar-refractivity contribution in [1.82, 2.24) is 9.80 Å². The summed E-state index contributed by atoms with van der Waals surface area (Å²) in [7, 11) is 0. The number of rotatable bonds is 3. The van der Waals surface area contributed by atoms with E-state index in [0.29, 0.717) is 6.07 Å². The molecule has 2 heterocycles. The SMILES string of the molecule is O=C(c1ccc(F)cc1Cl)N1CCN(C(=O)C2CC(=O)N(c3ccc(F)cc3F)C2)CC1. The zero-order valence-corrected chi connectivity index (χ0v) is 17.6. The third-order valence-electron chi connectivity index (χ3n) is 5.71. The second-order valence-electron chi connectivity index (χ2n) is 7.74. The quantitative estimate of drug-likeness (QED) is 0.700. The van der Waals surface area contributed by atoms with Crippen molar-refractivity contribution in [1.29, 1.82) is 0 Å². The number of hydrogen-bond donors (Lipinski definition) is 0. The highest BCUT2D eigenvalue weighted by molar-refractivity contribution is 6.33. The molecule has 6 nitrogen and oxygen atoms in total. The van der Waals surface area contributed by atoms with Gasteiger partial charge in [0.15, 0.2) is 0 Å². The van der Waals surface area contributed by atoms with Crippen LogP contribution in [-0.2, 0) is 9.59 Å². The molecule has 0 aliphatic carbocycles. The standard InChI is InChI=1S/C22H19ClF3N3O3/c23-17-10-14(24)1-3-16(17)22(32)28-7-5-27(6-8-28)21(31)13-9-20(30)29(12-13)19-4-2-15(25)11-18(19)26/h1-4,10-11,13H,5-9,12H2. The van der Waals surface area contributed by atoms with Crippen LogP contribution in [0.3, 0.4) is 0 Å². The van der Waals surface area contributed by atoms with Crippen molar-refractivity contribution in [3.63, 3.8) is 0 Å². The van der Waals surface area contributed by atoms with E-state index in [1.807, 2.05) is 0 Å². The van der Waals surface area contributed by atoms with Gasteiger partial charge in [-0.15, -0.1) is 0 Å². The number of carbonyl (C=O) groups excluding carboxylic acids is 3. The van der Waals surface area contributed by atoms with E-state index in [0.717, 1.165) is 23.1 Å². The number of benzene rings is 2. The Morgan fingerprint density at radius 2 is 1.53 bits per heavy atom. The van der Waals surface area contributed by atoms with Crippen molar-refractivity contribution in [3.8, 4) is 0 Å². The van der Waals surface area contributed by atoms with Gasteiger partial charge in [-0.3, -0.25) is 14.4 Å². The topological polar surface area (TPSA) is 60.9 Å². The van der Waals surface area contributed by atoms with E-state index < -0.39 is 29.3 Å². The number of hydrogen-bond acceptors (Lipinski definition) is 3. The molecule has 0 N–H and O–H groups in total. The molecule has 1 atom stereocenters. The lowest BCUT2D eigenvalue weighted by Crippen LogP contribution is -2.52. The van der Waals surface area contributed by atoms with E-state index in [2.05, 4.69) is 0 Å². The molecule has 0 aromatic heterocycles. The van der Waals surface area contributed by atoms with Gasteiger partial charge in [-0.05, 0) is 30.3 Å². The molecule has 3 amide bonds. The summed E-state index contributed by atoms with van der Waals surface area (Å²) in [5.41, 5.74) is 0.129. The average Bonchev–Trinajstić information content (AvgIpc) is 3.14. The number of nitrogens with zero attached hydrogens (tertiary/aromatic N) is 3. The van der Waals surface area contributed by atoms with E-state index >= 15 is 0 Å². The van der Waals surface area contributed by atoms with Gasteiger partial charge in [-0.25, -0.2) is 13.2 Å². The summed E-state index contributed by atoms with van der Waals surface area (Å²) >= 11 is 5.97. The summed E-state index contributed by atoms with van der Waals surface area (Å²) in [5.74, 6) is -3.82. The maximum atomic E-state index is 14.1. The Kier molecular flexibility index (Phi) is 6.10. The van der Waals surface area contributed by atoms with Crippen molar-refractivity contribution in [2.24, 2.45) is 5.92 Å². The number of amides is 3. The molecule has 2 aromatic rings. The molecule has 0 spiro atoms. The number of carbonyl (C=O) groups is 3. The Morgan fingerprint density at radius 1 is 0.906 bits per heavy atom. The molecule has 2 aliphatic heterocycles. The molecular formula is C22H19ClF3N3O3. The van der Waals surface area contributed by atoms with E-state index in [9.17, 15) is 27.6 Å². The second kappa shape index (κ2) is 8.82. The van der Waals surface area contributed by atoms with E-state index in [1.54, 1.807) is 4.90 Å². The number of piperazine rings is 1. The monoisotopic (exact) mass is 465 g/mol. The van der Waals surface area contributed by atoms with Crippen LogP contribution >= 0.6 is 11.6 Å². The first-order chi connectivity index (χ1) is 15.2. The molecular weight excluding hydrogens is 447 g/mol. The summed E-state index contributed by atoms with van der Waals surface area (Å²) in [6.07, 6.45) is -0.0695. The minimum atomic E-state index is -0.863. The molecule has 1 unspecified atom stereocenters. The molecule has 2 saturated heterocycles. The highest BCUT2D eigenvalue weighted by Gasteiger charge is 2.39. The maximum Gasteiger partial charge on any atom is 0.255 e. The van der Waals surface area contributed by atoms with E-state index in [1.165, 1.54) is 17.0 Å². The Balaban J connectivity index is 1.37. The van der Waals surface area contributed by atoms with E-state index in [4.69, 9.17) is 11.6 Å². The van der Waals surface area contributed by atoms with Gasteiger partial charge in [0.05, 0.1) is 22.2 Å². The van der Waals surface area contributed by atoms with Crippen molar-refractivity contribution in [2.45, 2.75) is 6.42 Å². The van der Waals surface area contributed by atoms with Gasteiger partial charge in [-0.2, -0.15) is 0 Å². The average molecular weight is 466 g/mol. The Labute approximate surface area is 187 Å². The zero-order chi connectivity index (χ0) is 23.0. The molecule has 2 aliphatic rings. The van der Waals surface area contributed by atoms with Gasteiger partial charge in [0.25, 0.3) is 5.91 Å². The molecule has 0 radical (unpaired) electrons. The van der Waals surface area contributed by atoms with Crippen molar-refractivity contribution >= 4 is 35.0 Å². The molecule has 32 heavy (non-hydrogen) atoms. The third-order valence-corrected chi connectivity index (χ3v) is 6.03. The van der Waals surface area contributed by atoms with Gasteiger partial charge in [0, 0.05) is 45.2 Å². The molecule has 2 fully saturated rings. The van der Waals surface area contributed by atoms with Gasteiger partial charge in [0.2, 0.25) is 11.8 Å². The summed E-state index contributed by atoms with van der Waals surface area (Å²) in [6, 6.07) is 6.49. The van der Waals surface area contributed by atoms with Crippen LogP contribution in [-0.4, -0.2) is 60.2 Å². The van der Waals surface area contributed by atoms with Crippen LogP contribution in [0.1, 0.15) is 16.8 Å². The minimum Gasteiger partial charge on any atom is -0.339 e. The highest BCUT2D eigenvalue weighted by Crippen LogP contribution is 2.29. The lowest BCUT2D eigenvalue weighted by molar-refractivity contribution is -0.137. The number of halogens is 4. The molecule has 0 saturated carbocycles. The minimum absolute atomic E-state index is 0.00452.